The molecule has 0 spiro atoms. The van der Waals surface area contributed by atoms with Gasteiger partial charge in [-0.05, 0) is 76.3 Å². The number of nitrogens with one attached hydrogen (secondary N) is 4. The monoisotopic (exact) mass is 732 g/mol. The van der Waals surface area contributed by atoms with Crippen molar-refractivity contribution in [3.8, 4) is 0 Å². The molecule has 4 amide bonds. The Morgan fingerprint density at radius 3 is 2.30 bits per heavy atom. The summed E-state index contributed by atoms with van der Waals surface area (Å²) in [6, 6.07) is 12.6. The van der Waals surface area contributed by atoms with Crippen LogP contribution in [-0.4, -0.2) is 74.3 Å². The van der Waals surface area contributed by atoms with Crippen LogP contribution in [0, 0.1) is 5.92 Å². The maximum absolute atomic E-state index is 13.3. The first-order chi connectivity index (χ1) is 25.2. The minimum Gasteiger partial charge on any atom is -0.444 e. The summed E-state index contributed by atoms with van der Waals surface area (Å²) < 4.78 is 13.1. The Morgan fingerprint density at radius 2 is 1.66 bits per heavy atom. The van der Waals surface area contributed by atoms with Crippen molar-refractivity contribution in [2.24, 2.45) is 11.7 Å². The highest BCUT2D eigenvalue weighted by molar-refractivity contribution is 6.09. The lowest BCUT2D eigenvalue weighted by Crippen LogP contribution is -2.54. The molecule has 0 saturated heterocycles. The van der Waals surface area contributed by atoms with Crippen LogP contribution in [-0.2, 0) is 43.6 Å². The smallest absolute Gasteiger partial charge is 0.413 e. The van der Waals surface area contributed by atoms with Crippen LogP contribution < -0.4 is 27.0 Å². The number of unbranched alkanes of at least 4 members (excludes halogenated alkanes) is 1. The van der Waals surface area contributed by atoms with E-state index in [1.807, 2.05) is 49.6 Å². The van der Waals surface area contributed by atoms with E-state index in [4.69, 9.17) is 20.2 Å². The maximum Gasteiger partial charge on any atom is 0.413 e. The zero-order chi connectivity index (χ0) is 38.7. The number of carbonyl (C=O) groups excluding carboxylic acids is 4. The number of fused-ring (bicyclic) bond motifs is 3. The van der Waals surface area contributed by atoms with Gasteiger partial charge < -0.3 is 40.8 Å². The number of carbonyl (C=O) groups is 4. The zero-order valence-electron chi connectivity index (χ0n) is 31.3. The Labute approximate surface area is 309 Å². The summed E-state index contributed by atoms with van der Waals surface area (Å²) in [5.74, 6) is -0.586. The highest BCUT2D eigenvalue weighted by Gasteiger charge is 2.28. The highest BCUT2D eigenvalue weighted by Crippen LogP contribution is 2.31. The molecule has 2 aromatic carbocycles. The largest absolute Gasteiger partial charge is 0.444 e. The number of anilines is 2. The van der Waals surface area contributed by atoms with Crippen LogP contribution in [0.25, 0.3) is 21.9 Å². The number of nitrogens with two attached hydrogens (primary N) is 1. The molecule has 286 valence electrons. The topological polar surface area (TPSA) is 212 Å². The Hall–Kier alpha value is -5.12. The van der Waals surface area contributed by atoms with E-state index >= 15 is 0 Å². The summed E-state index contributed by atoms with van der Waals surface area (Å²) in [6.45, 7) is 11.6. The normalized spacial score (nSPS) is 12.8. The van der Waals surface area contributed by atoms with Gasteiger partial charge in [-0.1, -0.05) is 44.2 Å². The molecular weight excluding hydrogens is 680 g/mol. The van der Waals surface area contributed by atoms with Gasteiger partial charge in [0.05, 0.1) is 23.2 Å². The van der Waals surface area contributed by atoms with Crippen molar-refractivity contribution in [2.45, 2.75) is 98.2 Å². The van der Waals surface area contributed by atoms with Crippen LogP contribution in [0.3, 0.4) is 0 Å². The van der Waals surface area contributed by atoms with Crippen LogP contribution >= 0.6 is 0 Å². The van der Waals surface area contributed by atoms with Gasteiger partial charge in [0, 0.05) is 24.6 Å². The van der Waals surface area contributed by atoms with Crippen molar-refractivity contribution in [2.75, 3.05) is 23.8 Å². The van der Waals surface area contributed by atoms with Gasteiger partial charge in [0.1, 0.15) is 36.6 Å². The van der Waals surface area contributed by atoms with Crippen molar-refractivity contribution >= 4 is 57.3 Å². The molecule has 0 aliphatic heterocycles. The molecule has 0 radical (unpaired) electrons. The van der Waals surface area contributed by atoms with E-state index in [-0.39, 0.29) is 37.4 Å². The average molecular weight is 733 g/mol. The van der Waals surface area contributed by atoms with E-state index in [0.29, 0.717) is 66.0 Å². The SMILES string of the molecule is CCOCc1nc2c(NC(=O)OCc3ccc(NC(=O)[C@H](CCCCN)NC(=O)[C@@H](NC(C)=O)C(C)C)cc3)nc3ccccc3c2n1CC(C)(C)O. The minimum absolute atomic E-state index is 0.0724. The molecular formula is C38H52N8O7. The van der Waals surface area contributed by atoms with Gasteiger partial charge in [0.15, 0.2) is 5.82 Å². The van der Waals surface area contributed by atoms with Gasteiger partial charge in [-0.2, -0.15) is 0 Å². The predicted octanol–water partition coefficient (Wildman–Crippen LogP) is 4.35. The number of benzene rings is 2. The number of pyridine rings is 1. The van der Waals surface area contributed by atoms with Crippen molar-refractivity contribution in [3.05, 3.63) is 59.9 Å². The number of nitrogens with zero attached hydrogens (tertiary/aromatic N) is 3. The molecule has 4 aromatic rings. The molecule has 0 unspecified atom stereocenters. The van der Waals surface area contributed by atoms with Crippen LogP contribution in [0.4, 0.5) is 16.3 Å². The van der Waals surface area contributed by atoms with E-state index in [9.17, 15) is 24.3 Å². The number of para-hydroxylation sites is 1. The van der Waals surface area contributed by atoms with Crippen molar-refractivity contribution < 1.29 is 33.8 Å². The molecule has 0 fully saturated rings. The van der Waals surface area contributed by atoms with E-state index in [2.05, 4.69) is 26.3 Å². The predicted molar refractivity (Wildman–Crippen MR) is 203 cm³/mol. The summed E-state index contributed by atoms with van der Waals surface area (Å²) in [5.41, 5.74) is 7.50. The number of ether oxygens (including phenoxy) is 2. The minimum atomic E-state index is -1.06. The number of amides is 4. The van der Waals surface area contributed by atoms with Gasteiger partial charge in [-0.25, -0.2) is 14.8 Å². The first-order valence-corrected chi connectivity index (χ1v) is 17.9. The van der Waals surface area contributed by atoms with Gasteiger partial charge >= 0.3 is 6.09 Å². The molecule has 0 aliphatic rings. The lowest BCUT2D eigenvalue weighted by atomic mass is 10.0. The Balaban J connectivity index is 1.45. The molecule has 0 bridgehead atoms. The number of hydrogen-bond acceptors (Lipinski definition) is 10. The summed E-state index contributed by atoms with van der Waals surface area (Å²) in [5, 5.41) is 22.6. The fourth-order valence-electron chi connectivity index (χ4n) is 5.80. The second-order valence-electron chi connectivity index (χ2n) is 13.9. The van der Waals surface area contributed by atoms with E-state index in [1.54, 1.807) is 38.1 Å². The maximum atomic E-state index is 13.3. The molecule has 15 heteroatoms. The third kappa shape index (κ3) is 11.4. The number of aliphatic hydroxyl groups is 1. The van der Waals surface area contributed by atoms with E-state index < -0.39 is 35.6 Å². The van der Waals surface area contributed by atoms with Crippen LogP contribution in [0.15, 0.2) is 48.5 Å². The van der Waals surface area contributed by atoms with Gasteiger partial charge in [-0.3, -0.25) is 19.7 Å². The summed E-state index contributed by atoms with van der Waals surface area (Å²) in [7, 11) is 0. The Kier molecular flexibility index (Phi) is 14.2. The van der Waals surface area contributed by atoms with Crippen molar-refractivity contribution in [1.82, 2.24) is 25.2 Å². The van der Waals surface area contributed by atoms with Gasteiger partial charge in [0.2, 0.25) is 17.7 Å². The quantitative estimate of drug-likeness (QED) is 0.0796. The fourth-order valence-corrected chi connectivity index (χ4v) is 5.80. The third-order valence-electron chi connectivity index (χ3n) is 8.34. The first-order valence-electron chi connectivity index (χ1n) is 17.9. The van der Waals surface area contributed by atoms with E-state index in [0.717, 1.165) is 5.39 Å². The fraction of sp³-hybridized carbons (Fsp3) is 0.474. The number of rotatable bonds is 18. The molecule has 7 N–H and O–H groups in total. The molecule has 0 aliphatic carbocycles. The number of hydrogen-bond donors (Lipinski definition) is 6. The highest BCUT2D eigenvalue weighted by atomic mass is 16.5. The number of imidazole rings is 1. The summed E-state index contributed by atoms with van der Waals surface area (Å²) in [4.78, 5) is 60.5. The summed E-state index contributed by atoms with van der Waals surface area (Å²) in [6.07, 6.45) is 0.928. The standard InChI is InChI=1S/C38H52N8O7/c1-7-52-21-30-44-32-33(46(30)22-38(5,6)51)27-12-8-9-13-28(27)42-34(32)45-37(50)53-20-25-15-17-26(18-16-25)41-35(48)29(14-10-11-19-39)43-36(49)31(23(2)3)40-24(4)47/h8-9,12-13,15-18,23,29,31,51H,7,10-11,14,19-22,39H2,1-6H3,(H,40,47)(H,41,48)(H,43,49)(H,42,45,50)/t29-,31-/m0/s1. The number of aromatic nitrogens is 3. The lowest BCUT2D eigenvalue weighted by Gasteiger charge is -2.25. The molecule has 2 aromatic heterocycles. The van der Waals surface area contributed by atoms with Crippen LogP contribution in [0.5, 0.6) is 0 Å². The molecule has 2 heterocycles. The lowest BCUT2D eigenvalue weighted by molar-refractivity contribution is -0.131. The Bertz CT molecular complexity index is 1890. The van der Waals surface area contributed by atoms with Crippen LogP contribution in [0.1, 0.15) is 72.2 Å². The molecule has 53 heavy (non-hydrogen) atoms. The van der Waals surface area contributed by atoms with Crippen LogP contribution in [0.2, 0.25) is 0 Å². The van der Waals surface area contributed by atoms with Gasteiger partial charge in [-0.15, -0.1) is 0 Å². The van der Waals surface area contributed by atoms with E-state index in [1.165, 1.54) is 6.92 Å². The Morgan fingerprint density at radius 1 is 0.943 bits per heavy atom. The first kappa shape index (κ1) is 40.6. The second-order valence-corrected chi connectivity index (χ2v) is 13.9. The zero-order valence-corrected chi connectivity index (χ0v) is 31.3. The second kappa shape index (κ2) is 18.6. The van der Waals surface area contributed by atoms with Crippen molar-refractivity contribution in [1.29, 1.82) is 0 Å². The summed E-state index contributed by atoms with van der Waals surface area (Å²) >= 11 is 0. The third-order valence-corrected chi connectivity index (χ3v) is 8.34. The molecule has 2 atom stereocenters. The molecule has 0 saturated carbocycles. The van der Waals surface area contributed by atoms with Crippen molar-refractivity contribution in [3.63, 3.8) is 0 Å². The van der Waals surface area contributed by atoms with Gasteiger partial charge in [0.25, 0.3) is 0 Å². The molecule has 15 nitrogen and oxygen atoms in total. The average Bonchev–Trinajstić information content (AvgIpc) is 3.45. The molecule has 4 rings (SSSR count).